The Morgan fingerprint density at radius 1 is 1.20 bits per heavy atom. The van der Waals surface area contributed by atoms with Gasteiger partial charge in [-0.3, -0.25) is 4.99 Å². The molecule has 0 N–H and O–H groups in total. The molecule has 0 unspecified atom stereocenters. The molecule has 80 valence electrons. The Labute approximate surface area is 87.9 Å². The van der Waals surface area contributed by atoms with Gasteiger partial charge in [0, 0.05) is 12.8 Å². The fourth-order valence-electron chi connectivity index (χ4n) is 1.98. The van der Waals surface area contributed by atoms with Crippen LogP contribution in [-0.4, -0.2) is 30.5 Å². The normalized spacial score (nSPS) is 29.1. The van der Waals surface area contributed by atoms with Gasteiger partial charge < -0.3 is 8.37 Å². The summed E-state index contributed by atoms with van der Waals surface area (Å²) in [7, 11) is -2.09. The summed E-state index contributed by atoms with van der Waals surface area (Å²) in [5, 5.41) is 0. The van der Waals surface area contributed by atoms with Crippen molar-refractivity contribution in [2.75, 3.05) is 12.3 Å². The SMILES string of the molecule is O=C1OS2(CCC3=C2C=NCC3)OC1=O. The van der Waals surface area contributed by atoms with Crippen molar-refractivity contribution in [1.29, 1.82) is 0 Å². The molecule has 3 heterocycles. The zero-order chi connectivity index (χ0) is 10.5. The lowest BCUT2D eigenvalue weighted by molar-refractivity contribution is -0.150. The van der Waals surface area contributed by atoms with Gasteiger partial charge in [0.1, 0.15) is 0 Å². The standard InChI is InChI=1S/C9H9NO4S/c11-8-9(12)14-15(13-8)4-2-6-1-3-10-5-7(6)15/h5H,1-4H2. The molecule has 0 saturated carbocycles. The van der Waals surface area contributed by atoms with E-state index in [1.54, 1.807) is 6.21 Å². The molecule has 0 aromatic heterocycles. The average Bonchev–Trinajstić information content (AvgIpc) is 2.72. The maximum absolute atomic E-state index is 11.1. The van der Waals surface area contributed by atoms with Gasteiger partial charge in [-0.05, 0) is 18.4 Å². The highest BCUT2D eigenvalue weighted by atomic mass is 32.3. The van der Waals surface area contributed by atoms with E-state index < -0.39 is 22.5 Å². The second-order valence-corrected chi connectivity index (χ2v) is 5.97. The van der Waals surface area contributed by atoms with Crippen molar-refractivity contribution < 1.29 is 18.0 Å². The molecule has 0 aromatic rings. The summed E-state index contributed by atoms with van der Waals surface area (Å²) in [6.07, 6.45) is 3.43. The van der Waals surface area contributed by atoms with Crippen LogP contribution in [0.2, 0.25) is 0 Å². The summed E-state index contributed by atoms with van der Waals surface area (Å²) < 4.78 is 10.2. The summed E-state index contributed by atoms with van der Waals surface area (Å²) in [5.41, 5.74) is 1.22. The molecule has 1 saturated heterocycles. The van der Waals surface area contributed by atoms with Crippen molar-refractivity contribution in [2.45, 2.75) is 12.8 Å². The minimum atomic E-state index is -2.09. The molecule has 0 radical (unpaired) electrons. The third-order valence-corrected chi connectivity index (χ3v) is 5.34. The molecule has 3 rings (SSSR count). The monoisotopic (exact) mass is 227 g/mol. The first-order valence-corrected chi connectivity index (χ1v) is 6.37. The van der Waals surface area contributed by atoms with Crippen molar-refractivity contribution in [3.8, 4) is 0 Å². The van der Waals surface area contributed by atoms with Gasteiger partial charge >= 0.3 is 11.9 Å². The van der Waals surface area contributed by atoms with Crippen LogP contribution in [0.5, 0.6) is 0 Å². The predicted molar refractivity (Wildman–Crippen MR) is 54.3 cm³/mol. The van der Waals surface area contributed by atoms with Crippen molar-refractivity contribution in [3.05, 3.63) is 10.5 Å². The predicted octanol–water partition coefficient (Wildman–Crippen LogP) is 0.853. The topological polar surface area (TPSA) is 65.0 Å². The van der Waals surface area contributed by atoms with Crippen LogP contribution in [0, 0.1) is 0 Å². The second-order valence-electron chi connectivity index (χ2n) is 3.56. The number of fused-ring (bicyclic) bond motifs is 1. The number of hydrogen-bond acceptors (Lipinski definition) is 5. The number of dihydropyridines is 1. The van der Waals surface area contributed by atoms with E-state index >= 15 is 0 Å². The highest BCUT2D eigenvalue weighted by Crippen LogP contribution is 2.66. The zero-order valence-corrected chi connectivity index (χ0v) is 8.71. The molecule has 1 fully saturated rings. The maximum Gasteiger partial charge on any atom is 0.441 e. The van der Waals surface area contributed by atoms with Crippen molar-refractivity contribution in [3.63, 3.8) is 0 Å². The quantitative estimate of drug-likeness (QED) is 0.575. The number of carbonyl (C=O) groups excluding carboxylic acids is 2. The van der Waals surface area contributed by atoms with Crippen molar-refractivity contribution in [1.82, 2.24) is 0 Å². The zero-order valence-electron chi connectivity index (χ0n) is 7.89. The number of rotatable bonds is 0. The minimum Gasteiger partial charge on any atom is -0.329 e. The van der Waals surface area contributed by atoms with E-state index in [1.807, 2.05) is 0 Å². The molecular weight excluding hydrogens is 218 g/mol. The summed E-state index contributed by atoms with van der Waals surface area (Å²) in [6.45, 7) is 0.774. The third kappa shape index (κ3) is 1.14. The first-order valence-electron chi connectivity index (χ1n) is 4.71. The first kappa shape index (κ1) is 8.96. The fraction of sp³-hybridized carbons (Fsp3) is 0.444. The summed E-state index contributed by atoms with van der Waals surface area (Å²) in [4.78, 5) is 27.1. The Balaban J connectivity index is 2.02. The number of aliphatic imine (C=N–C) groups is 1. The van der Waals surface area contributed by atoms with Crippen LogP contribution in [0.15, 0.2) is 15.5 Å². The molecule has 6 heteroatoms. The molecule has 0 aromatic carbocycles. The molecule has 5 nitrogen and oxygen atoms in total. The van der Waals surface area contributed by atoms with E-state index in [0.717, 1.165) is 24.3 Å². The maximum atomic E-state index is 11.1. The molecular formula is C9H9NO4S. The van der Waals surface area contributed by atoms with E-state index in [4.69, 9.17) is 8.37 Å². The van der Waals surface area contributed by atoms with Crippen molar-refractivity contribution in [2.24, 2.45) is 4.99 Å². The Hall–Kier alpha value is -1.30. The highest BCUT2D eigenvalue weighted by molar-refractivity contribution is 8.31. The van der Waals surface area contributed by atoms with Gasteiger partial charge in [-0.1, -0.05) is 10.6 Å². The summed E-state index contributed by atoms with van der Waals surface area (Å²) in [5.74, 6) is -1.11. The molecule has 0 atom stereocenters. The number of nitrogens with zero attached hydrogens (tertiary/aromatic N) is 1. The van der Waals surface area contributed by atoms with Crippen LogP contribution >= 0.6 is 10.6 Å². The second kappa shape index (κ2) is 2.85. The smallest absolute Gasteiger partial charge is 0.329 e. The van der Waals surface area contributed by atoms with Gasteiger partial charge in [0.05, 0.1) is 10.7 Å². The number of allylic oxidation sites excluding steroid dienone is 1. The van der Waals surface area contributed by atoms with Gasteiger partial charge in [0.25, 0.3) is 0 Å². The highest BCUT2D eigenvalue weighted by Gasteiger charge is 2.48. The lowest BCUT2D eigenvalue weighted by atomic mass is 10.1. The Morgan fingerprint density at radius 2 is 1.93 bits per heavy atom. The van der Waals surface area contributed by atoms with Gasteiger partial charge in [-0.25, -0.2) is 9.59 Å². The van der Waals surface area contributed by atoms with Crippen LogP contribution < -0.4 is 0 Å². The van der Waals surface area contributed by atoms with E-state index in [1.165, 1.54) is 5.57 Å². The van der Waals surface area contributed by atoms with Crippen LogP contribution in [0.3, 0.4) is 0 Å². The Morgan fingerprint density at radius 3 is 2.67 bits per heavy atom. The van der Waals surface area contributed by atoms with E-state index in [-0.39, 0.29) is 0 Å². The largest absolute Gasteiger partial charge is 0.441 e. The van der Waals surface area contributed by atoms with Crippen LogP contribution in [0.1, 0.15) is 12.8 Å². The van der Waals surface area contributed by atoms with Gasteiger partial charge in [0.15, 0.2) is 0 Å². The number of carbonyl (C=O) groups is 2. The lowest BCUT2D eigenvalue weighted by Gasteiger charge is -2.32. The summed E-state index contributed by atoms with van der Waals surface area (Å²) in [6, 6.07) is 0. The number of hydrogen-bond donors (Lipinski definition) is 0. The average molecular weight is 227 g/mol. The van der Waals surface area contributed by atoms with Crippen LogP contribution in [0.25, 0.3) is 0 Å². The van der Waals surface area contributed by atoms with Gasteiger partial charge in [-0.2, -0.15) is 0 Å². The minimum absolute atomic E-state index is 0.612. The summed E-state index contributed by atoms with van der Waals surface area (Å²) >= 11 is 0. The molecule has 0 bridgehead atoms. The first-order chi connectivity index (χ1) is 7.21. The van der Waals surface area contributed by atoms with E-state index in [9.17, 15) is 9.59 Å². The molecule has 1 spiro atoms. The lowest BCUT2D eigenvalue weighted by Crippen LogP contribution is -2.06. The van der Waals surface area contributed by atoms with Gasteiger partial charge in [0.2, 0.25) is 0 Å². The Kier molecular flexibility index (Phi) is 1.70. The Bertz CT molecular complexity index is 410. The molecule has 3 aliphatic rings. The van der Waals surface area contributed by atoms with E-state index in [2.05, 4.69) is 4.99 Å². The molecule has 15 heavy (non-hydrogen) atoms. The third-order valence-electron chi connectivity index (χ3n) is 2.69. The van der Waals surface area contributed by atoms with Crippen molar-refractivity contribution >= 4 is 28.7 Å². The fourth-order valence-corrected chi connectivity index (χ4v) is 4.60. The van der Waals surface area contributed by atoms with Crippen LogP contribution in [-0.2, 0) is 18.0 Å². The molecule has 3 aliphatic heterocycles. The van der Waals surface area contributed by atoms with Gasteiger partial charge in [-0.15, -0.1) is 0 Å². The van der Waals surface area contributed by atoms with E-state index in [0.29, 0.717) is 5.75 Å². The van der Waals surface area contributed by atoms with Crippen LogP contribution in [0.4, 0.5) is 0 Å². The molecule has 0 aliphatic carbocycles. The molecule has 0 amide bonds.